The second kappa shape index (κ2) is 7.19. The second-order valence-electron chi connectivity index (χ2n) is 7.56. The fourth-order valence-electron chi connectivity index (χ4n) is 4.21. The molecule has 0 aromatic carbocycles. The summed E-state index contributed by atoms with van der Waals surface area (Å²) in [4.78, 5) is 19.3. The number of hydrogen-bond donors (Lipinski definition) is 1. The maximum atomic E-state index is 12.6. The topological polar surface area (TPSA) is 54.5 Å². The predicted octanol–water partition coefficient (Wildman–Crippen LogP) is 1.83. The number of likely N-dealkylation sites (tertiary alicyclic amines) is 1. The van der Waals surface area contributed by atoms with Crippen LogP contribution in [0.5, 0.6) is 0 Å². The highest BCUT2D eigenvalue weighted by Crippen LogP contribution is 2.41. The van der Waals surface area contributed by atoms with E-state index in [1.54, 1.807) is 0 Å². The van der Waals surface area contributed by atoms with Gasteiger partial charge in [0.15, 0.2) is 0 Å². The van der Waals surface area contributed by atoms with Gasteiger partial charge in [-0.3, -0.25) is 14.7 Å². The first-order valence-electron chi connectivity index (χ1n) is 9.29. The van der Waals surface area contributed by atoms with Crippen molar-refractivity contribution in [1.82, 2.24) is 15.2 Å². The van der Waals surface area contributed by atoms with Crippen molar-refractivity contribution in [2.75, 3.05) is 26.3 Å². The highest BCUT2D eigenvalue weighted by atomic mass is 16.5. The van der Waals surface area contributed by atoms with E-state index in [0.717, 1.165) is 51.6 Å². The minimum atomic E-state index is 0.144. The average molecular weight is 329 g/mol. The van der Waals surface area contributed by atoms with Gasteiger partial charge in [-0.25, -0.2) is 0 Å². The SMILES string of the molecule is O=C(N[C@@H]1CN(Cc2cccnc2)C[C@H]1C1CC1)C1CCOCC1. The molecular formula is C19H27N3O2. The van der Waals surface area contributed by atoms with Gasteiger partial charge in [0.2, 0.25) is 5.91 Å². The maximum Gasteiger partial charge on any atom is 0.223 e. The summed E-state index contributed by atoms with van der Waals surface area (Å²) in [6.45, 7) is 4.44. The molecule has 1 saturated carbocycles. The molecule has 0 spiro atoms. The lowest BCUT2D eigenvalue weighted by atomic mass is 9.95. The lowest BCUT2D eigenvalue weighted by molar-refractivity contribution is -0.128. The quantitative estimate of drug-likeness (QED) is 0.895. The third-order valence-electron chi connectivity index (χ3n) is 5.72. The Bertz CT molecular complexity index is 555. The van der Waals surface area contributed by atoms with Crippen LogP contribution in [-0.4, -0.2) is 48.1 Å². The summed E-state index contributed by atoms with van der Waals surface area (Å²) < 4.78 is 5.38. The second-order valence-corrected chi connectivity index (χ2v) is 7.56. The summed E-state index contributed by atoms with van der Waals surface area (Å²) in [5.74, 6) is 1.82. The summed E-state index contributed by atoms with van der Waals surface area (Å²) in [7, 11) is 0. The van der Waals surface area contributed by atoms with Crippen molar-refractivity contribution in [1.29, 1.82) is 0 Å². The summed E-state index contributed by atoms with van der Waals surface area (Å²) in [5, 5.41) is 3.38. The third-order valence-corrected chi connectivity index (χ3v) is 5.72. The molecule has 3 aliphatic rings. The summed E-state index contributed by atoms with van der Waals surface area (Å²) >= 11 is 0. The van der Waals surface area contributed by atoms with Crippen LogP contribution < -0.4 is 5.32 Å². The number of rotatable bonds is 5. The predicted molar refractivity (Wildman–Crippen MR) is 91.2 cm³/mol. The Labute approximate surface area is 143 Å². The van der Waals surface area contributed by atoms with Gasteiger partial charge >= 0.3 is 0 Å². The van der Waals surface area contributed by atoms with Gasteiger partial charge in [0, 0.05) is 57.2 Å². The Morgan fingerprint density at radius 2 is 2.08 bits per heavy atom. The molecule has 130 valence electrons. The van der Waals surface area contributed by atoms with Crippen LogP contribution in [0.1, 0.15) is 31.2 Å². The largest absolute Gasteiger partial charge is 0.381 e. The Balaban J connectivity index is 1.37. The first kappa shape index (κ1) is 16.0. The lowest BCUT2D eigenvalue weighted by Crippen LogP contribution is -2.45. The molecule has 0 unspecified atom stereocenters. The van der Waals surface area contributed by atoms with E-state index in [1.165, 1.54) is 18.4 Å². The van der Waals surface area contributed by atoms with E-state index in [9.17, 15) is 4.79 Å². The molecule has 1 amide bonds. The van der Waals surface area contributed by atoms with Crippen LogP contribution in [0.3, 0.4) is 0 Å². The molecule has 1 aromatic rings. The number of nitrogens with zero attached hydrogens (tertiary/aromatic N) is 2. The zero-order valence-electron chi connectivity index (χ0n) is 14.2. The van der Waals surface area contributed by atoms with Crippen molar-refractivity contribution in [3.63, 3.8) is 0 Å². The van der Waals surface area contributed by atoms with E-state index in [1.807, 2.05) is 18.5 Å². The van der Waals surface area contributed by atoms with Crippen LogP contribution in [0.4, 0.5) is 0 Å². The molecule has 2 saturated heterocycles. The van der Waals surface area contributed by atoms with E-state index in [4.69, 9.17) is 4.74 Å². The summed E-state index contributed by atoms with van der Waals surface area (Å²) in [5.41, 5.74) is 1.25. The molecule has 3 fully saturated rings. The van der Waals surface area contributed by atoms with Crippen LogP contribution in [0.15, 0.2) is 24.5 Å². The molecule has 1 aliphatic carbocycles. The van der Waals surface area contributed by atoms with Gasteiger partial charge in [-0.05, 0) is 49.1 Å². The fraction of sp³-hybridized carbons (Fsp3) is 0.684. The number of aromatic nitrogens is 1. The first-order valence-corrected chi connectivity index (χ1v) is 9.29. The molecular weight excluding hydrogens is 302 g/mol. The molecule has 5 heteroatoms. The van der Waals surface area contributed by atoms with E-state index in [-0.39, 0.29) is 11.8 Å². The normalized spacial score (nSPS) is 28.8. The van der Waals surface area contributed by atoms with Gasteiger partial charge in [0.1, 0.15) is 0 Å². The Morgan fingerprint density at radius 1 is 1.25 bits per heavy atom. The molecule has 2 aliphatic heterocycles. The van der Waals surface area contributed by atoms with Crippen LogP contribution in [-0.2, 0) is 16.1 Å². The van der Waals surface area contributed by atoms with Crippen molar-refractivity contribution in [2.45, 2.75) is 38.3 Å². The lowest BCUT2D eigenvalue weighted by Gasteiger charge is -2.25. The molecule has 0 bridgehead atoms. The molecule has 2 atom stereocenters. The van der Waals surface area contributed by atoms with Gasteiger partial charge in [0.05, 0.1) is 0 Å². The van der Waals surface area contributed by atoms with Crippen LogP contribution in [0, 0.1) is 17.8 Å². The molecule has 5 nitrogen and oxygen atoms in total. The molecule has 0 radical (unpaired) electrons. The van der Waals surface area contributed by atoms with Crippen molar-refractivity contribution in [3.8, 4) is 0 Å². The number of hydrogen-bond acceptors (Lipinski definition) is 4. The number of amides is 1. The van der Waals surface area contributed by atoms with Gasteiger partial charge in [-0.1, -0.05) is 6.07 Å². The van der Waals surface area contributed by atoms with E-state index < -0.39 is 0 Å². The third kappa shape index (κ3) is 3.78. The van der Waals surface area contributed by atoms with Crippen molar-refractivity contribution < 1.29 is 9.53 Å². The average Bonchev–Trinajstić information content (AvgIpc) is 3.39. The molecule has 3 heterocycles. The monoisotopic (exact) mass is 329 g/mol. The number of carbonyl (C=O) groups excluding carboxylic acids is 1. The number of ether oxygens (including phenoxy) is 1. The summed E-state index contributed by atoms with van der Waals surface area (Å²) in [6.07, 6.45) is 8.15. The molecule has 4 rings (SSSR count). The number of carbonyl (C=O) groups is 1. The van der Waals surface area contributed by atoms with E-state index in [2.05, 4.69) is 21.3 Å². The van der Waals surface area contributed by atoms with E-state index >= 15 is 0 Å². The highest BCUT2D eigenvalue weighted by Gasteiger charge is 2.43. The van der Waals surface area contributed by atoms with Gasteiger partial charge in [-0.2, -0.15) is 0 Å². The Kier molecular flexibility index (Phi) is 4.81. The van der Waals surface area contributed by atoms with Crippen LogP contribution >= 0.6 is 0 Å². The minimum absolute atomic E-state index is 0.144. The summed E-state index contributed by atoms with van der Waals surface area (Å²) in [6, 6.07) is 4.44. The minimum Gasteiger partial charge on any atom is -0.381 e. The highest BCUT2D eigenvalue weighted by molar-refractivity contribution is 5.79. The molecule has 24 heavy (non-hydrogen) atoms. The Hall–Kier alpha value is -1.46. The number of pyridine rings is 1. The standard InChI is InChI=1S/C19H27N3O2/c23-19(16-5-8-24-9-6-16)21-18-13-22(12-17(18)15-3-4-15)11-14-2-1-7-20-10-14/h1-2,7,10,15-18H,3-6,8-9,11-13H2,(H,21,23)/t17-,18+/m0/s1. The van der Waals surface area contributed by atoms with Crippen molar-refractivity contribution in [3.05, 3.63) is 30.1 Å². The van der Waals surface area contributed by atoms with Crippen LogP contribution in [0.2, 0.25) is 0 Å². The van der Waals surface area contributed by atoms with Crippen molar-refractivity contribution >= 4 is 5.91 Å². The zero-order valence-corrected chi connectivity index (χ0v) is 14.2. The molecule has 1 aromatic heterocycles. The van der Waals surface area contributed by atoms with Crippen LogP contribution in [0.25, 0.3) is 0 Å². The van der Waals surface area contributed by atoms with Gasteiger partial charge in [-0.15, -0.1) is 0 Å². The van der Waals surface area contributed by atoms with Gasteiger partial charge in [0.25, 0.3) is 0 Å². The Morgan fingerprint density at radius 3 is 2.79 bits per heavy atom. The van der Waals surface area contributed by atoms with E-state index in [0.29, 0.717) is 12.0 Å². The van der Waals surface area contributed by atoms with Gasteiger partial charge < -0.3 is 10.1 Å². The maximum absolute atomic E-state index is 12.6. The first-order chi connectivity index (χ1) is 11.8. The fourth-order valence-corrected chi connectivity index (χ4v) is 4.21. The smallest absolute Gasteiger partial charge is 0.223 e. The van der Waals surface area contributed by atoms with Crippen molar-refractivity contribution in [2.24, 2.45) is 17.8 Å². The zero-order chi connectivity index (χ0) is 16.4. The molecule has 1 N–H and O–H groups in total. The number of nitrogens with one attached hydrogen (secondary N) is 1.